The number of unbranched alkanes of at least 4 members (excludes halogenated alkanes) is 11. The number of hydrogen-bond acceptors (Lipinski definition) is 4. The van der Waals surface area contributed by atoms with Crippen molar-refractivity contribution in [2.24, 2.45) is 0 Å². The van der Waals surface area contributed by atoms with Crippen molar-refractivity contribution in [1.29, 1.82) is 0 Å². The number of fused-ring (bicyclic) bond motifs is 2. The predicted molar refractivity (Wildman–Crippen MR) is 161 cm³/mol. The van der Waals surface area contributed by atoms with Crippen LogP contribution in [0.2, 0.25) is 0 Å². The monoisotopic (exact) mass is 531 g/mol. The van der Waals surface area contributed by atoms with Gasteiger partial charge in [0.05, 0.1) is 11.1 Å². The Morgan fingerprint density at radius 2 is 1.31 bits per heavy atom. The first-order valence-electron chi connectivity index (χ1n) is 15.5. The number of nitrogens with zero attached hydrogens (tertiary/aromatic N) is 2. The molecule has 39 heavy (non-hydrogen) atoms. The van der Waals surface area contributed by atoms with Gasteiger partial charge in [0.1, 0.15) is 0 Å². The molecule has 212 valence electrons. The molecule has 0 saturated heterocycles. The standard InChI is InChI=1S/C34H49N3O2/c1-5-6-7-8-9-10-11-12-13-14-15-18-23-36-26(2)34(3,4)30-24-27(21-22-31(30)36)25-35-37-32(38)28-19-16-17-20-29(28)33(37)39/h16-17,19-22,24,26,35H,5-15,18,23,25H2,1-4H3. The van der Waals surface area contributed by atoms with Crippen LogP contribution in [-0.2, 0) is 12.0 Å². The summed E-state index contributed by atoms with van der Waals surface area (Å²) in [6, 6.07) is 14.1. The molecule has 5 nitrogen and oxygen atoms in total. The van der Waals surface area contributed by atoms with Gasteiger partial charge in [0.15, 0.2) is 0 Å². The van der Waals surface area contributed by atoms with Crippen molar-refractivity contribution in [1.82, 2.24) is 10.4 Å². The Hall–Kier alpha value is -2.66. The van der Waals surface area contributed by atoms with Gasteiger partial charge in [0.25, 0.3) is 11.8 Å². The van der Waals surface area contributed by atoms with Gasteiger partial charge in [0.2, 0.25) is 0 Å². The van der Waals surface area contributed by atoms with E-state index in [2.05, 4.69) is 56.2 Å². The van der Waals surface area contributed by atoms with E-state index in [1.54, 1.807) is 24.3 Å². The first-order chi connectivity index (χ1) is 18.9. The quantitative estimate of drug-likeness (QED) is 0.175. The van der Waals surface area contributed by atoms with Crippen molar-refractivity contribution in [2.45, 2.75) is 123 Å². The molecule has 0 radical (unpaired) electrons. The fourth-order valence-electron chi connectivity index (χ4n) is 6.22. The van der Waals surface area contributed by atoms with Crippen molar-refractivity contribution in [3.8, 4) is 0 Å². The molecule has 1 unspecified atom stereocenters. The van der Waals surface area contributed by atoms with E-state index in [0.717, 1.165) is 17.1 Å². The number of benzene rings is 2. The summed E-state index contributed by atoms with van der Waals surface area (Å²) in [5.41, 5.74) is 7.83. The molecule has 2 amide bonds. The van der Waals surface area contributed by atoms with Gasteiger partial charge in [0, 0.05) is 30.2 Å². The highest BCUT2D eigenvalue weighted by Crippen LogP contribution is 2.45. The van der Waals surface area contributed by atoms with Crippen LogP contribution in [-0.4, -0.2) is 29.4 Å². The smallest absolute Gasteiger partial charge is 0.276 e. The Balaban J connectivity index is 1.23. The zero-order valence-electron chi connectivity index (χ0n) is 24.7. The van der Waals surface area contributed by atoms with E-state index in [4.69, 9.17) is 0 Å². The molecule has 4 rings (SSSR count). The maximum absolute atomic E-state index is 12.7. The fourth-order valence-corrected chi connectivity index (χ4v) is 6.22. The number of anilines is 1. The average Bonchev–Trinajstić information content (AvgIpc) is 3.29. The molecule has 0 aromatic heterocycles. The van der Waals surface area contributed by atoms with Gasteiger partial charge >= 0.3 is 0 Å². The number of nitrogens with one attached hydrogen (secondary N) is 1. The third-order valence-corrected chi connectivity index (χ3v) is 9.06. The molecule has 2 aromatic carbocycles. The molecular weight excluding hydrogens is 482 g/mol. The Morgan fingerprint density at radius 1 is 0.769 bits per heavy atom. The fraction of sp³-hybridized carbons (Fsp3) is 0.588. The number of hydrazine groups is 1. The van der Waals surface area contributed by atoms with E-state index >= 15 is 0 Å². The largest absolute Gasteiger partial charge is 0.368 e. The Bertz CT molecular complexity index is 1090. The van der Waals surface area contributed by atoms with Gasteiger partial charge in [-0.15, -0.1) is 0 Å². The number of rotatable bonds is 16. The summed E-state index contributed by atoms with van der Waals surface area (Å²) in [6.45, 7) is 10.8. The van der Waals surface area contributed by atoms with Crippen LogP contribution in [0.25, 0.3) is 0 Å². The Labute approximate surface area is 236 Å². The normalized spacial score (nSPS) is 17.7. The molecule has 2 aliphatic rings. The second-order valence-corrected chi connectivity index (χ2v) is 12.2. The SMILES string of the molecule is CCCCCCCCCCCCCCN1c2ccc(CNN3C(=O)c4ccccc4C3=O)cc2C(C)(C)C1C. The molecule has 0 bridgehead atoms. The van der Waals surface area contributed by atoms with Gasteiger partial charge in [-0.25, -0.2) is 10.4 Å². The molecule has 2 aliphatic heterocycles. The Kier molecular flexibility index (Phi) is 10.2. The molecular formula is C34H49N3O2. The summed E-state index contributed by atoms with van der Waals surface area (Å²) >= 11 is 0. The van der Waals surface area contributed by atoms with Gasteiger partial charge in [-0.3, -0.25) is 9.59 Å². The number of hydrogen-bond donors (Lipinski definition) is 1. The summed E-state index contributed by atoms with van der Waals surface area (Å²) in [5, 5.41) is 1.16. The minimum atomic E-state index is -0.278. The van der Waals surface area contributed by atoms with E-state index < -0.39 is 0 Å². The lowest BCUT2D eigenvalue weighted by Gasteiger charge is -2.31. The number of carbonyl (C=O) groups excluding carboxylic acids is 2. The first-order valence-corrected chi connectivity index (χ1v) is 15.5. The van der Waals surface area contributed by atoms with Gasteiger partial charge < -0.3 is 4.90 Å². The highest BCUT2D eigenvalue weighted by Gasteiger charge is 2.41. The van der Waals surface area contributed by atoms with Crippen molar-refractivity contribution < 1.29 is 9.59 Å². The first kappa shape index (κ1) is 29.3. The van der Waals surface area contributed by atoms with Crippen molar-refractivity contribution >= 4 is 17.5 Å². The summed E-state index contributed by atoms with van der Waals surface area (Å²) in [7, 11) is 0. The van der Waals surface area contributed by atoms with Crippen LogP contribution in [0.4, 0.5) is 5.69 Å². The van der Waals surface area contributed by atoms with Crippen molar-refractivity contribution in [3.63, 3.8) is 0 Å². The highest BCUT2D eigenvalue weighted by molar-refractivity contribution is 6.20. The molecule has 0 fully saturated rings. The summed E-state index contributed by atoms with van der Waals surface area (Å²) in [6.07, 6.45) is 16.4. The predicted octanol–water partition coefficient (Wildman–Crippen LogP) is 8.17. The maximum Gasteiger partial charge on any atom is 0.276 e. The van der Waals surface area contributed by atoms with Crippen LogP contribution >= 0.6 is 0 Å². The minimum Gasteiger partial charge on any atom is -0.368 e. The zero-order chi connectivity index (χ0) is 27.8. The van der Waals surface area contributed by atoms with Gasteiger partial charge in [-0.1, -0.05) is 116 Å². The third kappa shape index (κ3) is 6.74. The number of carbonyl (C=O) groups is 2. The highest BCUT2D eigenvalue weighted by atomic mass is 16.2. The van der Waals surface area contributed by atoms with E-state index in [0.29, 0.717) is 23.7 Å². The molecule has 1 atom stereocenters. The lowest BCUT2D eigenvalue weighted by atomic mass is 9.81. The van der Waals surface area contributed by atoms with E-state index in [1.165, 1.54) is 88.3 Å². The number of imide groups is 1. The topological polar surface area (TPSA) is 52.6 Å². The summed E-state index contributed by atoms with van der Waals surface area (Å²) in [5.74, 6) is -0.557. The molecule has 2 heterocycles. The van der Waals surface area contributed by atoms with Crippen LogP contribution in [0.5, 0.6) is 0 Å². The van der Waals surface area contributed by atoms with Gasteiger partial charge in [-0.05, 0) is 42.7 Å². The summed E-state index contributed by atoms with van der Waals surface area (Å²) in [4.78, 5) is 28.0. The van der Waals surface area contributed by atoms with Crippen molar-refractivity contribution in [2.75, 3.05) is 11.4 Å². The van der Waals surface area contributed by atoms with Crippen LogP contribution < -0.4 is 10.3 Å². The minimum absolute atomic E-state index is 0.0397. The second kappa shape index (κ2) is 13.6. The third-order valence-electron chi connectivity index (χ3n) is 9.06. The molecule has 2 aromatic rings. The Morgan fingerprint density at radius 3 is 1.87 bits per heavy atom. The van der Waals surface area contributed by atoms with E-state index in [1.807, 2.05) is 0 Å². The lowest BCUT2D eigenvalue weighted by Crippen LogP contribution is -2.41. The van der Waals surface area contributed by atoms with Crippen LogP contribution in [0.15, 0.2) is 42.5 Å². The van der Waals surface area contributed by atoms with Crippen LogP contribution in [0.1, 0.15) is 137 Å². The van der Waals surface area contributed by atoms with E-state index in [9.17, 15) is 9.59 Å². The number of amides is 2. The molecule has 1 N–H and O–H groups in total. The summed E-state index contributed by atoms with van der Waals surface area (Å²) < 4.78 is 0. The van der Waals surface area contributed by atoms with Crippen LogP contribution in [0.3, 0.4) is 0 Å². The lowest BCUT2D eigenvalue weighted by molar-refractivity contribution is 0.0562. The van der Waals surface area contributed by atoms with E-state index in [-0.39, 0.29) is 17.2 Å². The molecule has 0 aliphatic carbocycles. The second-order valence-electron chi connectivity index (χ2n) is 12.2. The average molecular weight is 532 g/mol. The van der Waals surface area contributed by atoms with Gasteiger partial charge in [-0.2, -0.15) is 0 Å². The maximum atomic E-state index is 12.7. The molecule has 0 spiro atoms. The van der Waals surface area contributed by atoms with Crippen LogP contribution in [0, 0.1) is 0 Å². The van der Waals surface area contributed by atoms with Crippen molar-refractivity contribution in [3.05, 3.63) is 64.7 Å². The zero-order valence-corrected chi connectivity index (χ0v) is 24.7. The molecule has 5 heteroatoms. The molecule has 0 saturated carbocycles.